The number of benzene rings is 1. The van der Waals surface area contributed by atoms with E-state index in [4.69, 9.17) is 26.0 Å². The van der Waals surface area contributed by atoms with Crippen LogP contribution in [0.3, 0.4) is 0 Å². The van der Waals surface area contributed by atoms with Gasteiger partial charge in [-0.3, -0.25) is 4.84 Å². The molecule has 5 heteroatoms. The van der Waals surface area contributed by atoms with Gasteiger partial charge in [0.2, 0.25) is 0 Å². The molecule has 0 bridgehead atoms. The molecule has 0 aliphatic heterocycles. The lowest BCUT2D eigenvalue weighted by Gasteiger charge is -2.17. The fourth-order valence-electron chi connectivity index (χ4n) is 1.29. The molecular weight excluding hydrogens is 242 g/mol. The van der Waals surface area contributed by atoms with Crippen LogP contribution in [0, 0.1) is 0 Å². The Balaban J connectivity index is 2.41. The van der Waals surface area contributed by atoms with Crippen molar-refractivity contribution in [1.82, 2.24) is 0 Å². The van der Waals surface area contributed by atoms with E-state index in [1.807, 2.05) is 38.1 Å². The van der Waals surface area contributed by atoms with Crippen LogP contribution in [-0.2, 0) is 9.47 Å². The number of hydrogen-bond donors (Lipinski definition) is 1. The fraction of sp³-hybridized carbons (Fsp3) is 0.500. The Labute approximate surface area is 107 Å². The Kier molecular flexibility index (Phi) is 6.77. The van der Waals surface area contributed by atoms with Gasteiger partial charge in [0, 0.05) is 30.7 Å². The molecule has 0 aliphatic rings. The molecule has 0 radical (unpaired) electrons. The molecule has 1 N–H and O–H groups in total. The maximum atomic E-state index is 5.55. The fourth-order valence-corrected chi connectivity index (χ4v) is 1.42. The normalized spacial score (nSPS) is 10.6. The summed E-state index contributed by atoms with van der Waals surface area (Å²) in [5.74, 6) is 0.755. The minimum absolute atomic E-state index is 0.323. The first-order valence-corrected chi connectivity index (χ1v) is 6.00. The number of ether oxygens (including phenoxy) is 3. The van der Waals surface area contributed by atoms with E-state index in [2.05, 4.69) is 4.84 Å². The molecule has 0 fully saturated rings. The summed E-state index contributed by atoms with van der Waals surface area (Å²) in [6.45, 7) is 5.42. The molecule has 17 heavy (non-hydrogen) atoms. The van der Waals surface area contributed by atoms with Gasteiger partial charge in [-0.1, -0.05) is 0 Å². The maximum Gasteiger partial charge on any atom is 0.191 e. The molecule has 0 heterocycles. The molecule has 0 aliphatic carbocycles. The van der Waals surface area contributed by atoms with Crippen LogP contribution in [0.5, 0.6) is 5.75 Å². The van der Waals surface area contributed by atoms with E-state index < -0.39 is 0 Å². The first kappa shape index (κ1) is 14.1. The van der Waals surface area contributed by atoms with Gasteiger partial charge >= 0.3 is 0 Å². The molecule has 0 unspecified atom stereocenters. The SMILES string of the molecule is CCOC(COc1ccc(NCl)cc1)OCC. The number of nitrogens with one attached hydrogen (secondary N) is 1. The van der Waals surface area contributed by atoms with Gasteiger partial charge in [0.1, 0.15) is 12.4 Å². The first-order valence-electron chi connectivity index (χ1n) is 5.62. The highest BCUT2D eigenvalue weighted by atomic mass is 35.5. The lowest BCUT2D eigenvalue weighted by molar-refractivity contribution is -0.152. The summed E-state index contributed by atoms with van der Waals surface area (Å²) in [6, 6.07) is 7.33. The lowest BCUT2D eigenvalue weighted by Crippen LogP contribution is -2.25. The second-order valence-corrected chi connectivity index (χ2v) is 3.46. The van der Waals surface area contributed by atoms with Crippen molar-refractivity contribution in [2.75, 3.05) is 24.7 Å². The van der Waals surface area contributed by atoms with Crippen molar-refractivity contribution in [3.05, 3.63) is 24.3 Å². The third-order valence-electron chi connectivity index (χ3n) is 2.05. The second kappa shape index (κ2) is 8.17. The molecular formula is C12H18ClNO3. The van der Waals surface area contributed by atoms with Gasteiger partial charge in [0.15, 0.2) is 6.29 Å². The van der Waals surface area contributed by atoms with Gasteiger partial charge in [-0.15, -0.1) is 0 Å². The minimum atomic E-state index is -0.323. The summed E-state index contributed by atoms with van der Waals surface area (Å²) >= 11 is 5.46. The molecule has 0 saturated carbocycles. The van der Waals surface area contributed by atoms with Gasteiger partial charge in [-0.25, -0.2) is 0 Å². The van der Waals surface area contributed by atoms with Gasteiger partial charge in [-0.05, 0) is 38.1 Å². The summed E-state index contributed by atoms with van der Waals surface area (Å²) in [5, 5.41) is 0. The van der Waals surface area contributed by atoms with Crippen LogP contribution in [0.25, 0.3) is 0 Å². The summed E-state index contributed by atoms with van der Waals surface area (Å²) in [7, 11) is 0. The zero-order valence-electron chi connectivity index (χ0n) is 10.1. The predicted molar refractivity (Wildman–Crippen MR) is 68.5 cm³/mol. The standard InChI is InChI=1S/C12H18ClNO3/c1-3-15-12(16-4-2)9-17-11-7-5-10(14-13)6-8-11/h5-8,12,14H,3-4,9H2,1-2H3. The van der Waals surface area contributed by atoms with Gasteiger partial charge in [0.25, 0.3) is 0 Å². The van der Waals surface area contributed by atoms with E-state index in [0.29, 0.717) is 19.8 Å². The molecule has 1 aromatic rings. The monoisotopic (exact) mass is 259 g/mol. The van der Waals surface area contributed by atoms with Gasteiger partial charge < -0.3 is 14.2 Å². The van der Waals surface area contributed by atoms with Crippen LogP contribution in [0.1, 0.15) is 13.8 Å². The van der Waals surface area contributed by atoms with E-state index in [1.165, 1.54) is 0 Å². The zero-order chi connectivity index (χ0) is 12.5. The van der Waals surface area contributed by atoms with Crippen LogP contribution in [0.15, 0.2) is 24.3 Å². The van der Waals surface area contributed by atoms with E-state index in [1.54, 1.807) is 0 Å². The molecule has 0 aromatic heterocycles. The van der Waals surface area contributed by atoms with Crippen molar-refractivity contribution in [3.63, 3.8) is 0 Å². The van der Waals surface area contributed by atoms with Crippen molar-refractivity contribution in [3.8, 4) is 5.75 Å². The van der Waals surface area contributed by atoms with Crippen molar-refractivity contribution in [2.24, 2.45) is 0 Å². The summed E-state index contributed by atoms with van der Waals surface area (Å²) in [4.78, 5) is 2.53. The van der Waals surface area contributed by atoms with Crippen molar-refractivity contribution in [2.45, 2.75) is 20.1 Å². The first-order chi connectivity index (χ1) is 8.30. The van der Waals surface area contributed by atoms with E-state index in [0.717, 1.165) is 11.4 Å². The van der Waals surface area contributed by atoms with E-state index >= 15 is 0 Å². The summed E-state index contributed by atoms with van der Waals surface area (Å²) in [6.07, 6.45) is -0.323. The predicted octanol–water partition coefficient (Wildman–Crippen LogP) is 3.03. The van der Waals surface area contributed by atoms with Crippen molar-refractivity contribution < 1.29 is 14.2 Å². The van der Waals surface area contributed by atoms with Gasteiger partial charge in [0.05, 0.1) is 0 Å². The molecule has 4 nitrogen and oxygen atoms in total. The van der Waals surface area contributed by atoms with Crippen LogP contribution < -0.4 is 9.57 Å². The van der Waals surface area contributed by atoms with Crippen LogP contribution >= 0.6 is 11.8 Å². The molecule has 1 rings (SSSR count). The Morgan fingerprint density at radius 3 is 2.18 bits per heavy atom. The van der Waals surface area contributed by atoms with Crippen LogP contribution in [0.2, 0.25) is 0 Å². The van der Waals surface area contributed by atoms with E-state index in [9.17, 15) is 0 Å². The topological polar surface area (TPSA) is 39.7 Å². The highest BCUT2D eigenvalue weighted by molar-refractivity contribution is 6.23. The second-order valence-electron chi connectivity index (χ2n) is 3.27. The quantitative estimate of drug-likeness (QED) is 0.575. The summed E-state index contributed by atoms with van der Waals surface area (Å²) in [5.41, 5.74) is 0.824. The third-order valence-corrected chi connectivity index (χ3v) is 2.27. The lowest BCUT2D eigenvalue weighted by atomic mass is 10.3. The molecule has 96 valence electrons. The van der Waals surface area contributed by atoms with Crippen LogP contribution in [0.4, 0.5) is 5.69 Å². The minimum Gasteiger partial charge on any atom is -0.488 e. The third kappa shape index (κ3) is 5.26. The van der Waals surface area contributed by atoms with Crippen LogP contribution in [-0.4, -0.2) is 26.1 Å². The smallest absolute Gasteiger partial charge is 0.191 e. The average Bonchev–Trinajstić information content (AvgIpc) is 2.37. The number of anilines is 1. The number of halogens is 1. The Morgan fingerprint density at radius 2 is 1.71 bits per heavy atom. The average molecular weight is 260 g/mol. The highest BCUT2D eigenvalue weighted by Crippen LogP contribution is 2.16. The molecule has 0 amide bonds. The number of hydrogen-bond acceptors (Lipinski definition) is 4. The molecule has 0 atom stereocenters. The Hall–Kier alpha value is -0.970. The van der Waals surface area contributed by atoms with E-state index in [-0.39, 0.29) is 6.29 Å². The summed E-state index contributed by atoms with van der Waals surface area (Å²) < 4.78 is 16.3. The molecule has 0 saturated heterocycles. The Bertz CT molecular complexity index is 299. The Morgan fingerprint density at radius 1 is 1.12 bits per heavy atom. The number of rotatable bonds is 8. The zero-order valence-corrected chi connectivity index (χ0v) is 10.9. The maximum absolute atomic E-state index is 5.55. The molecule has 0 spiro atoms. The highest BCUT2D eigenvalue weighted by Gasteiger charge is 2.08. The largest absolute Gasteiger partial charge is 0.488 e. The molecule has 1 aromatic carbocycles. The van der Waals surface area contributed by atoms with Crippen molar-refractivity contribution in [1.29, 1.82) is 0 Å². The van der Waals surface area contributed by atoms with Crippen molar-refractivity contribution >= 4 is 17.5 Å². The van der Waals surface area contributed by atoms with Gasteiger partial charge in [-0.2, -0.15) is 0 Å².